The van der Waals surface area contributed by atoms with Crippen LogP contribution in [0.5, 0.6) is 5.75 Å². The SMILES string of the molecule is O=c1cc(O)c(-c2cccs2)nn1Cc1ccccc1. The molecule has 0 aliphatic heterocycles. The Labute approximate surface area is 119 Å². The van der Waals surface area contributed by atoms with Gasteiger partial charge in [0.15, 0.2) is 0 Å². The molecule has 3 aromatic rings. The summed E-state index contributed by atoms with van der Waals surface area (Å²) in [6, 6.07) is 14.6. The van der Waals surface area contributed by atoms with E-state index in [-0.39, 0.29) is 11.3 Å². The number of nitrogens with zero attached hydrogens (tertiary/aromatic N) is 2. The standard InChI is InChI=1S/C15H12N2O2S/c18-12-9-14(19)17(10-11-5-2-1-3-6-11)16-15(12)13-7-4-8-20-13/h1-9,18H,10H2. The molecule has 5 heteroatoms. The Kier molecular flexibility index (Phi) is 3.35. The molecule has 0 radical (unpaired) electrons. The lowest BCUT2D eigenvalue weighted by atomic mass is 10.2. The fraction of sp³-hybridized carbons (Fsp3) is 0.0667. The predicted octanol–water partition coefficient (Wildman–Crippen LogP) is 2.73. The zero-order valence-corrected chi connectivity index (χ0v) is 11.4. The summed E-state index contributed by atoms with van der Waals surface area (Å²) in [4.78, 5) is 12.7. The lowest BCUT2D eigenvalue weighted by Crippen LogP contribution is -2.22. The van der Waals surface area contributed by atoms with Gasteiger partial charge >= 0.3 is 0 Å². The molecule has 0 aliphatic rings. The number of hydrogen-bond donors (Lipinski definition) is 1. The van der Waals surface area contributed by atoms with Gasteiger partial charge in [-0.2, -0.15) is 5.10 Å². The van der Waals surface area contributed by atoms with Crippen LogP contribution in [0, 0.1) is 0 Å². The zero-order chi connectivity index (χ0) is 13.9. The van der Waals surface area contributed by atoms with Crippen molar-refractivity contribution in [3.05, 3.63) is 69.8 Å². The molecule has 0 saturated carbocycles. The third-order valence-corrected chi connectivity index (χ3v) is 3.78. The summed E-state index contributed by atoms with van der Waals surface area (Å²) in [6.45, 7) is 0.387. The summed E-state index contributed by atoms with van der Waals surface area (Å²) < 4.78 is 1.37. The molecule has 0 atom stereocenters. The van der Waals surface area contributed by atoms with Gasteiger partial charge in [-0.05, 0) is 17.0 Å². The van der Waals surface area contributed by atoms with Gasteiger partial charge in [-0.3, -0.25) is 4.79 Å². The van der Waals surface area contributed by atoms with E-state index in [9.17, 15) is 9.90 Å². The van der Waals surface area contributed by atoms with Crippen LogP contribution in [-0.4, -0.2) is 14.9 Å². The van der Waals surface area contributed by atoms with Gasteiger partial charge in [0.1, 0.15) is 11.4 Å². The van der Waals surface area contributed by atoms with E-state index < -0.39 is 0 Å². The predicted molar refractivity (Wildman–Crippen MR) is 79.0 cm³/mol. The Morgan fingerprint density at radius 2 is 1.95 bits per heavy atom. The molecular formula is C15H12N2O2S. The zero-order valence-electron chi connectivity index (χ0n) is 10.6. The van der Waals surface area contributed by atoms with E-state index >= 15 is 0 Å². The molecule has 2 aromatic heterocycles. The number of aromatic nitrogens is 2. The molecule has 0 fully saturated rings. The van der Waals surface area contributed by atoms with Gasteiger partial charge in [-0.1, -0.05) is 36.4 Å². The van der Waals surface area contributed by atoms with E-state index in [1.165, 1.54) is 22.1 Å². The third-order valence-electron chi connectivity index (χ3n) is 2.91. The number of benzene rings is 1. The largest absolute Gasteiger partial charge is 0.505 e. The number of hydrogen-bond acceptors (Lipinski definition) is 4. The average molecular weight is 284 g/mol. The van der Waals surface area contributed by atoms with Crippen LogP contribution in [0.1, 0.15) is 5.56 Å². The molecular weight excluding hydrogens is 272 g/mol. The van der Waals surface area contributed by atoms with Gasteiger partial charge in [-0.15, -0.1) is 11.3 Å². The second-order valence-electron chi connectivity index (χ2n) is 4.34. The quantitative estimate of drug-likeness (QED) is 0.804. The van der Waals surface area contributed by atoms with E-state index in [0.717, 1.165) is 10.4 Å². The average Bonchev–Trinajstić information content (AvgIpc) is 2.97. The van der Waals surface area contributed by atoms with Crippen molar-refractivity contribution in [3.8, 4) is 16.3 Å². The highest BCUT2D eigenvalue weighted by molar-refractivity contribution is 7.13. The summed E-state index contributed by atoms with van der Waals surface area (Å²) in [5, 5.41) is 16.1. The van der Waals surface area contributed by atoms with Crippen molar-refractivity contribution in [1.29, 1.82) is 0 Å². The van der Waals surface area contributed by atoms with Crippen LogP contribution in [0.15, 0.2) is 58.7 Å². The minimum absolute atomic E-state index is 0.0817. The maximum Gasteiger partial charge on any atom is 0.270 e. The Balaban J connectivity index is 2.04. The third kappa shape index (κ3) is 2.48. The number of rotatable bonds is 3. The molecule has 0 aliphatic carbocycles. The molecule has 2 heterocycles. The minimum Gasteiger partial charge on any atom is -0.505 e. The summed E-state index contributed by atoms with van der Waals surface area (Å²) >= 11 is 1.47. The van der Waals surface area contributed by atoms with Crippen LogP contribution >= 0.6 is 11.3 Å². The van der Waals surface area contributed by atoms with Crippen LogP contribution in [0.25, 0.3) is 10.6 Å². The van der Waals surface area contributed by atoms with Crippen molar-refractivity contribution in [3.63, 3.8) is 0 Å². The Morgan fingerprint density at radius 1 is 1.15 bits per heavy atom. The number of thiophene rings is 1. The van der Waals surface area contributed by atoms with Gasteiger partial charge in [0, 0.05) is 6.07 Å². The number of aromatic hydroxyl groups is 1. The molecule has 0 amide bonds. The van der Waals surface area contributed by atoms with Crippen molar-refractivity contribution in [1.82, 2.24) is 9.78 Å². The smallest absolute Gasteiger partial charge is 0.270 e. The first kappa shape index (κ1) is 12.6. The second-order valence-corrected chi connectivity index (χ2v) is 5.28. The Hall–Kier alpha value is -2.40. The first-order valence-electron chi connectivity index (χ1n) is 6.13. The van der Waals surface area contributed by atoms with E-state index in [2.05, 4.69) is 5.10 Å². The van der Waals surface area contributed by atoms with Crippen LogP contribution < -0.4 is 5.56 Å². The Bertz CT molecular complexity index is 764. The van der Waals surface area contributed by atoms with Gasteiger partial charge in [-0.25, -0.2) is 4.68 Å². The highest BCUT2D eigenvalue weighted by Gasteiger charge is 2.11. The van der Waals surface area contributed by atoms with E-state index in [1.807, 2.05) is 47.8 Å². The molecule has 3 rings (SSSR count). The van der Waals surface area contributed by atoms with E-state index in [0.29, 0.717) is 12.2 Å². The van der Waals surface area contributed by atoms with E-state index in [4.69, 9.17) is 0 Å². The maximum absolute atomic E-state index is 11.9. The molecule has 1 N–H and O–H groups in total. The summed E-state index contributed by atoms with van der Waals surface area (Å²) in [5.74, 6) is -0.0817. The highest BCUT2D eigenvalue weighted by atomic mass is 32.1. The topological polar surface area (TPSA) is 55.1 Å². The van der Waals surface area contributed by atoms with Gasteiger partial charge in [0.2, 0.25) is 0 Å². The van der Waals surface area contributed by atoms with Crippen molar-refractivity contribution in [2.45, 2.75) is 6.54 Å². The normalized spacial score (nSPS) is 10.6. The van der Waals surface area contributed by atoms with Crippen LogP contribution in [0.2, 0.25) is 0 Å². The van der Waals surface area contributed by atoms with Crippen LogP contribution in [0.4, 0.5) is 0 Å². The van der Waals surface area contributed by atoms with Crippen LogP contribution in [0.3, 0.4) is 0 Å². The lowest BCUT2D eigenvalue weighted by Gasteiger charge is -2.08. The van der Waals surface area contributed by atoms with Crippen molar-refractivity contribution in [2.75, 3.05) is 0 Å². The monoisotopic (exact) mass is 284 g/mol. The van der Waals surface area contributed by atoms with Gasteiger partial charge < -0.3 is 5.11 Å². The summed E-state index contributed by atoms with van der Waals surface area (Å²) in [7, 11) is 0. The molecule has 0 bridgehead atoms. The highest BCUT2D eigenvalue weighted by Crippen LogP contribution is 2.28. The van der Waals surface area contributed by atoms with Gasteiger partial charge in [0.05, 0.1) is 11.4 Å². The lowest BCUT2D eigenvalue weighted by molar-refractivity contribution is 0.465. The Morgan fingerprint density at radius 3 is 2.65 bits per heavy atom. The van der Waals surface area contributed by atoms with Crippen LogP contribution in [-0.2, 0) is 6.54 Å². The summed E-state index contributed by atoms with van der Waals surface area (Å²) in [6.07, 6.45) is 0. The molecule has 0 unspecified atom stereocenters. The van der Waals surface area contributed by atoms with Gasteiger partial charge in [0.25, 0.3) is 5.56 Å². The summed E-state index contributed by atoms with van der Waals surface area (Å²) in [5.41, 5.74) is 1.12. The molecule has 20 heavy (non-hydrogen) atoms. The molecule has 0 saturated heterocycles. The minimum atomic E-state index is -0.313. The second kappa shape index (κ2) is 5.30. The van der Waals surface area contributed by atoms with Crippen molar-refractivity contribution in [2.24, 2.45) is 0 Å². The first-order chi connectivity index (χ1) is 9.74. The molecule has 100 valence electrons. The molecule has 0 spiro atoms. The molecule has 4 nitrogen and oxygen atoms in total. The van der Waals surface area contributed by atoms with Crippen molar-refractivity contribution >= 4 is 11.3 Å². The maximum atomic E-state index is 11.9. The first-order valence-corrected chi connectivity index (χ1v) is 7.01. The van der Waals surface area contributed by atoms with Crippen molar-refractivity contribution < 1.29 is 5.11 Å². The van der Waals surface area contributed by atoms with E-state index in [1.54, 1.807) is 0 Å². The molecule has 1 aromatic carbocycles. The fourth-order valence-electron chi connectivity index (χ4n) is 1.94. The fourth-order valence-corrected chi connectivity index (χ4v) is 2.66.